The van der Waals surface area contributed by atoms with Gasteiger partial charge in [-0.3, -0.25) is 4.79 Å². The van der Waals surface area contributed by atoms with Crippen LogP contribution in [0.25, 0.3) is 0 Å². The highest BCUT2D eigenvalue weighted by atomic mass is 19.4. The van der Waals surface area contributed by atoms with Crippen LogP contribution in [0, 0.1) is 6.92 Å². The first-order valence-corrected chi connectivity index (χ1v) is 9.46. The van der Waals surface area contributed by atoms with Gasteiger partial charge in [0.25, 0.3) is 0 Å². The maximum Gasteiger partial charge on any atom is 0.416 e. The third-order valence-corrected chi connectivity index (χ3v) is 4.34. The summed E-state index contributed by atoms with van der Waals surface area (Å²) in [4.78, 5) is 22.9. The molecule has 0 fully saturated rings. The molecule has 0 unspecified atom stereocenters. The molecular formula is C22H22F3N5O. The number of halogens is 3. The number of hydrogen-bond donors (Lipinski definition) is 2. The fraction of sp³-hybridized carbons (Fsp3) is 0.227. The SMILES string of the molecule is Cc1cc(N(C)C)nc(Nc2ccc(NC(=O)Cc3cccc(C(F)(F)F)c3)cc2)n1. The summed E-state index contributed by atoms with van der Waals surface area (Å²) in [7, 11) is 3.78. The normalized spacial score (nSPS) is 11.2. The van der Waals surface area contributed by atoms with Gasteiger partial charge in [0.1, 0.15) is 5.82 Å². The Morgan fingerprint density at radius 2 is 1.68 bits per heavy atom. The molecule has 1 heterocycles. The number of rotatable bonds is 6. The first kappa shape index (κ1) is 22.1. The second-order valence-electron chi connectivity index (χ2n) is 7.21. The van der Waals surface area contributed by atoms with Gasteiger partial charge in [-0.05, 0) is 42.8 Å². The molecule has 1 amide bonds. The van der Waals surface area contributed by atoms with Gasteiger partial charge in [0.15, 0.2) is 0 Å². The van der Waals surface area contributed by atoms with Crippen molar-refractivity contribution in [2.24, 2.45) is 0 Å². The van der Waals surface area contributed by atoms with Crippen molar-refractivity contribution in [2.75, 3.05) is 29.6 Å². The van der Waals surface area contributed by atoms with Gasteiger partial charge in [-0.15, -0.1) is 0 Å². The Kier molecular flexibility index (Phi) is 6.43. The molecule has 2 N–H and O–H groups in total. The quantitative estimate of drug-likeness (QED) is 0.589. The van der Waals surface area contributed by atoms with Crippen molar-refractivity contribution in [3.8, 4) is 0 Å². The van der Waals surface area contributed by atoms with Gasteiger partial charge in [-0.25, -0.2) is 4.98 Å². The van der Waals surface area contributed by atoms with Crippen molar-refractivity contribution >= 4 is 29.0 Å². The van der Waals surface area contributed by atoms with E-state index in [1.807, 2.05) is 32.0 Å². The van der Waals surface area contributed by atoms with Crippen LogP contribution in [0.5, 0.6) is 0 Å². The number of alkyl halides is 3. The predicted octanol–water partition coefficient (Wildman–Crippen LogP) is 4.79. The second-order valence-corrected chi connectivity index (χ2v) is 7.21. The molecule has 1 aromatic heterocycles. The maximum absolute atomic E-state index is 12.8. The van der Waals surface area contributed by atoms with Crippen LogP contribution < -0.4 is 15.5 Å². The summed E-state index contributed by atoms with van der Waals surface area (Å²) in [5.41, 5.74) is 1.59. The molecule has 0 bridgehead atoms. The molecule has 0 saturated heterocycles. The van der Waals surface area contributed by atoms with Crippen LogP contribution in [0.4, 0.5) is 36.3 Å². The summed E-state index contributed by atoms with van der Waals surface area (Å²) in [5, 5.41) is 5.80. The average Bonchev–Trinajstić information content (AvgIpc) is 2.68. The summed E-state index contributed by atoms with van der Waals surface area (Å²) in [6.07, 6.45) is -4.60. The Hall–Kier alpha value is -3.62. The summed E-state index contributed by atoms with van der Waals surface area (Å²) >= 11 is 0. The lowest BCUT2D eigenvalue weighted by Crippen LogP contribution is -2.15. The monoisotopic (exact) mass is 429 g/mol. The molecule has 0 spiro atoms. The maximum atomic E-state index is 12.8. The van der Waals surface area contributed by atoms with Crippen molar-refractivity contribution < 1.29 is 18.0 Å². The number of nitrogens with zero attached hydrogens (tertiary/aromatic N) is 3. The molecule has 9 heteroatoms. The second kappa shape index (κ2) is 9.03. The standard InChI is InChI=1S/C22H22F3N5O/c1-14-11-19(30(2)3)29-21(26-14)28-18-9-7-17(8-10-18)27-20(31)13-15-5-4-6-16(12-15)22(23,24)25/h4-12H,13H2,1-3H3,(H,27,31)(H,26,28,29). The van der Waals surface area contributed by atoms with E-state index in [0.29, 0.717) is 17.2 Å². The Morgan fingerprint density at radius 1 is 1.00 bits per heavy atom. The number of amides is 1. The van der Waals surface area contributed by atoms with E-state index in [0.717, 1.165) is 29.3 Å². The zero-order valence-corrected chi connectivity index (χ0v) is 17.3. The molecule has 2 aromatic carbocycles. The van der Waals surface area contributed by atoms with Crippen molar-refractivity contribution in [3.63, 3.8) is 0 Å². The highest BCUT2D eigenvalue weighted by Crippen LogP contribution is 2.29. The molecule has 31 heavy (non-hydrogen) atoms. The highest BCUT2D eigenvalue weighted by molar-refractivity contribution is 5.92. The Balaban J connectivity index is 1.63. The van der Waals surface area contributed by atoms with Crippen LogP contribution in [0.3, 0.4) is 0 Å². The molecule has 162 valence electrons. The van der Waals surface area contributed by atoms with Crippen LogP contribution in [0.1, 0.15) is 16.8 Å². The van der Waals surface area contributed by atoms with E-state index in [9.17, 15) is 18.0 Å². The zero-order valence-electron chi connectivity index (χ0n) is 17.3. The molecule has 0 aliphatic rings. The van der Waals surface area contributed by atoms with Gasteiger partial charge < -0.3 is 15.5 Å². The number of nitrogens with one attached hydrogen (secondary N) is 2. The molecule has 0 saturated carbocycles. The van der Waals surface area contributed by atoms with Crippen molar-refractivity contribution in [2.45, 2.75) is 19.5 Å². The lowest BCUT2D eigenvalue weighted by molar-refractivity contribution is -0.137. The first-order valence-electron chi connectivity index (χ1n) is 9.46. The zero-order chi connectivity index (χ0) is 22.6. The Bertz CT molecular complexity index is 1070. The minimum Gasteiger partial charge on any atom is -0.363 e. The number of benzene rings is 2. The molecule has 6 nitrogen and oxygen atoms in total. The largest absolute Gasteiger partial charge is 0.416 e. The van der Waals surface area contributed by atoms with Gasteiger partial charge >= 0.3 is 6.18 Å². The molecule has 0 aliphatic carbocycles. The summed E-state index contributed by atoms with van der Waals surface area (Å²) < 4.78 is 38.4. The third-order valence-electron chi connectivity index (χ3n) is 4.34. The number of hydrogen-bond acceptors (Lipinski definition) is 5. The van der Waals surface area contributed by atoms with Crippen molar-refractivity contribution in [1.29, 1.82) is 0 Å². The third kappa shape index (κ3) is 6.18. The number of anilines is 4. The molecule has 0 radical (unpaired) electrons. The van der Waals surface area contributed by atoms with Crippen LogP contribution in [-0.4, -0.2) is 30.0 Å². The average molecular weight is 429 g/mol. The van der Waals surface area contributed by atoms with Crippen LogP contribution >= 0.6 is 0 Å². The summed E-state index contributed by atoms with van der Waals surface area (Å²) in [6, 6.07) is 13.5. The molecule has 0 aliphatic heterocycles. The van der Waals surface area contributed by atoms with E-state index in [4.69, 9.17) is 0 Å². The topological polar surface area (TPSA) is 70.2 Å². The van der Waals surface area contributed by atoms with E-state index in [1.54, 1.807) is 24.3 Å². The lowest BCUT2D eigenvalue weighted by atomic mass is 10.1. The minimum absolute atomic E-state index is 0.158. The molecule has 3 aromatic rings. The van der Waals surface area contributed by atoms with E-state index < -0.39 is 17.6 Å². The van der Waals surface area contributed by atoms with E-state index in [1.165, 1.54) is 12.1 Å². The fourth-order valence-electron chi connectivity index (χ4n) is 2.85. The lowest BCUT2D eigenvalue weighted by Gasteiger charge is -2.14. The Morgan fingerprint density at radius 3 is 2.32 bits per heavy atom. The van der Waals surface area contributed by atoms with Crippen molar-refractivity contribution in [3.05, 3.63) is 71.4 Å². The number of carbonyl (C=O) groups is 1. The van der Waals surface area contributed by atoms with Gasteiger partial charge in [0.2, 0.25) is 11.9 Å². The number of carbonyl (C=O) groups excluding carboxylic acids is 1. The van der Waals surface area contributed by atoms with E-state index >= 15 is 0 Å². The summed E-state index contributed by atoms with van der Waals surface area (Å²) in [6.45, 7) is 1.88. The van der Waals surface area contributed by atoms with Crippen LogP contribution in [-0.2, 0) is 17.4 Å². The minimum atomic E-state index is -4.44. The van der Waals surface area contributed by atoms with Gasteiger partial charge in [-0.1, -0.05) is 18.2 Å². The van der Waals surface area contributed by atoms with Gasteiger partial charge in [-0.2, -0.15) is 18.2 Å². The van der Waals surface area contributed by atoms with E-state index in [2.05, 4.69) is 20.6 Å². The van der Waals surface area contributed by atoms with Crippen molar-refractivity contribution in [1.82, 2.24) is 9.97 Å². The summed E-state index contributed by atoms with van der Waals surface area (Å²) in [5.74, 6) is 0.816. The van der Waals surface area contributed by atoms with E-state index in [-0.39, 0.29) is 6.42 Å². The van der Waals surface area contributed by atoms with Gasteiger partial charge in [0.05, 0.1) is 12.0 Å². The molecule has 0 atom stereocenters. The highest BCUT2D eigenvalue weighted by Gasteiger charge is 2.30. The van der Waals surface area contributed by atoms with Gasteiger partial charge in [0, 0.05) is 37.2 Å². The molecule has 3 rings (SSSR count). The first-order chi connectivity index (χ1) is 14.6. The Labute approximate surface area is 178 Å². The van der Waals surface area contributed by atoms with Crippen LogP contribution in [0.2, 0.25) is 0 Å². The smallest absolute Gasteiger partial charge is 0.363 e. The predicted molar refractivity (Wildman–Crippen MR) is 115 cm³/mol. The fourth-order valence-corrected chi connectivity index (χ4v) is 2.85. The van der Waals surface area contributed by atoms with Crippen LogP contribution in [0.15, 0.2) is 54.6 Å². The molecular weight excluding hydrogens is 407 g/mol. The number of aromatic nitrogens is 2. The number of aryl methyl sites for hydroxylation is 1.